The fraction of sp³-hybridized carbons (Fsp3) is 1.00. The average Bonchev–Trinajstić information content (AvgIpc) is 2.10. The number of hydrogen-bond acceptors (Lipinski definition) is 3. The molecule has 0 aromatic heterocycles. The first-order valence-electron chi connectivity index (χ1n) is 4.38. The molecule has 0 amide bonds. The van der Waals surface area contributed by atoms with Crippen LogP contribution in [0.3, 0.4) is 0 Å². The largest absolute Gasteiger partial charge is 0.390 e. The first kappa shape index (κ1) is 10.8. The Balaban J connectivity index is 2.66. The van der Waals surface area contributed by atoms with Crippen molar-refractivity contribution in [2.24, 2.45) is 5.73 Å². The van der Waals surface area contributed by atoms with Crippen molar-refractivity contribution in [3.05, 3.63) is 0 Å². The summed E-state index contributed by atoms with van der Waals surface area (Å²) in [5.41, 5.74) is 3.46. The summed E-state index contributed by atoms with van der Waals surface area (Å²) in [6.45, 7) is -1.31. The molecule has 0 atom stereocenters. The van der Waals surface area contributed by atoms with Gasteiger partial charge in [0.15, 0.2) is 0 Å². The topological polar surface area (TPSA) is 66.5 Å². The highest BCUT2D eigenvalue weighted by molar-refractivity contribution is 4.97. The summed E-state index contributed by atoms with van der Waals surface area (Å²) in [5.74, 6) is -3.41. The predicted molar refractivity (Wildman–Crippen MR) is 43.4 cm³/mol. The molecule has 1 saturated carbocycles. The van der Waals surface area contributed by atoms with Gasteiger partial charge in [-0.05, 0) is 25.7 Å². The van der Waals surface area contributed by atoms with E-state index in [2.05, 4.69) is 0 Å². The van der Waals surface area contributed by atoms with Gasteiger partial charge in [-0.3, -0.25) is 0 Å². The molecule has 0 aliphatic heterocycles. The SMILES string of the molecule is NC1CCC(O)(C(F)(F)CO)CC1. The normalized spacial score (nSPS) is 36.2. The number of halogens is 2. The number of aliphatic hydroxyl groups excluding tert-OH is 1. The minimum Gasteiger partial charge on any atom is -0.390 e. The molecule has 0 heterocycles. The van der Waals surface area contributed by atoms with Gasteiger partial charge in [0.1, 0.15) is 12.2 Å². The summed E-state index contributed by atoms with van der Waals surface area (Å²) >= 11 is 0. The van der Waals surface area contributed by atoms with E-state index < -0.39 is 18.1 Å². The standard InChI is InChI=1S/C8H15F2NO2/c9-8(10,5-12)7(13)3-1-6(11)2-4-7/h6,12-13H,1-5,11H2. The molecule has 1 aliphatic carbocycles. The molecule has 4 N–H and O–H groups in total. The minimum atomic E-state index is -3.41. The molecule has 5 heteroatoms. The van der Waals surface area contributed by atoms with Gasteiger partial charge >= 0.3 is 0 Å². The minimum absolute atomic E-state index is 0.0400. The lowest BCUT2D eigenvalue weighted by Gasteiger charge is -2.39. The molecule has 13 heavy (non-hydrogen) atoms. The van der Waals surface area contributed by atoms with Crippen molar-refractivity contribution in [2.75, 3.05) is 6.61 Å². The van der Waals surface area contributed by atoms with Crippen molar-refractivity contribution in [3.63, 3.8) is 0 Å². The summed E-state index contributed by atoms with van der Waals surface area (Å²) in [6.07, 6.45) is 0.682. The van der Waals surface area contributed by atoms with E-state index in [4.69, 9.17) is 10.8 Å². The van der Waals surface area contributed by atoms with Gasteiger partial charge in [0.2, 0.25) is 0 Å². The van der Waals surface area contributed by atoms with Crippen LogP contribution in [0.5, 0.6) is 0 Å². The van der Waals surface area contributed by atoms with Crippen LogP contribution in [-0.2, 0) is 0 Å². The molecule has 0 aromatic rings. The van der Waals surface area contributed by atoms with Crippen LogP contribution in [0.15, 0.2) is 0 Å². The van der Waals surface area contributed by atoms with Gasteiger partial charge in [0.25, 0.3) is 5.92 Å². The van der Waals surface area contributed by atoms with Gasteiger partial charge in [-0.2, -0.15) is 0 Å². The van der Waals surface area contributed by atoms with E-state index in [1.807, 2.05) is 0 Å². The lowest BCUT2D eigenvalue weighted by molar-refractivity contribution is -0.213. The van der Waals surface area contributed by atoms with Crippen molar-refractivity contribution in [2.45, 2.75) is 43.2 Å². The number of rotatable bonds is 2. The van der Waals surface area contributed by atoms with E-state index in [-0.39, 0.29) is 18.9 Å². The van der Waals surface area contributed by atoms with Gasteiger partial charge < -0.3 is 15.9 Å². The van der Waals surface area contributed by atoms with Crippen molar-refractivity contribution >= 4 is 0 Å². The van der Waals surface area contributed by atoms with E-state index in [9.17, 15) is 13.9 Å². The molecular weight excluding hydrogens is 180 g/mol. The summed E-state index contributed by atoms with van der Waals surface area (Å²) in [6, 6.07) is -0.102. The summed E-state index contributed by atoms with van der Waals surface area (Å²) in [4.78, 5) is 0. The molecule has 3 nitrogen and oxygen atoms in total. The Hall–Kier alpha value is -0.260. The van der Waals surface area contributed by atoms with Crippen LogP contribution >= 0.6 is 0 Å². The zero-order valence-corrected chi connectivity index (χ0v) is 7.34. The van der Waals surface area contributed by atoms with Crippen LogP contribution in [0.1, 0.15) is 25.7 Å². The highest BCUT2D eigenvalue weighted by atomic mass is 19.3. The number of hydrogen-bond donors (Lipinski definition) is 3. The zero-order valence-electron chi connectivity index (χ0n) is 7.34. The maximum atomic E-state index is 13.0. The average molecular weight is 195 g/mol. The van der Waals surface area contributed by atoms with Crippen molar-refractivity contribution in [1.82, 2.24) is 0 Å². The van der Waals surface area contributed by atoms with Crippen LogP contribution in [0.25, 0.3) is 0 Å². The molecule has 0 aromatic carbocycles. The Kier molecular flexibility index (Phi) is 2.89. The van der Waals surface area contributed by atoms with Crippen LogP contribution in [0.2, 0.25) is 0 Å². The highest BCUT2D eigenvalue weighted by Gasteiger charge is 2.52. The van der Waals surface area contributed by atoms with Gasteiger partial charge in [-0.1, -0.05) is 0 Å². The Labute approximate surface area is 75.5 Å². The lowest BCUT2D eigenvalue weighted by atomic mass is 9.78. The van der Waals surface area contributed by atoms with E-state index in [1.54, 1.807) is 0 Å². The second-order valence-electron chi connectivity index (χ2n) is 3.73. The quantitative estimate of drug-likeness (QED) is 0.591. The smallest absolute Gasteiger partial charge is 0.298 e. The zero-order chi connectivity index (χ0) is 10.1. The van der Waals surface area contributed by atoms with Gasteiger partial charge in [0, 0.05) is 6.04 Å². The molecule has 78 valence electrons. The van der Waals surface area contributed by atoms with E-state index >= 15 is 0 Å². The first-order valence-corrected chi connectivity index (χ1v) is 4.38. The third-order valence-electron chi connectivity index (χ3n) is 2.74. The first-order chi connectivity index (χ1) is 5.91. The maximum Gasteiger partial charge on any atom is 0.298 e. The highest BCUT2D eigenvalue weighted by Crippen LogP contribution is 2.39. The Bertz CT molecular complexity index is 179. The lowest BCUT2D eigenvalue weighted by Crippen LogP contribution is -2.53. The Morgan fingerprint density at radius 1 is 1.38 bits per heavy atom. The van der Waals surface area contributed by atoms with Crippen molar-refractivity contribution in [3.8, 4) is 0 Å². The Morgan fingerprint density at radius 3 is 2.23 bits per heavy atom. The van der Waals surface area contributed by atoms with Crippen LogP contribution in [-0.4, -0.2) is 34.4 Å². The third kappa shape index (κ3) is 1.98. The molecular formula is C8H15F2NO2. The van der Waals surface area contributed by atoms with Crippen molar-refractivity contribution in [1.29, 1.82) is 0 Å². The molecule has 0 saturated heterocycles. The summed E-state index contributed by atoms with van der Waals surface area (Å²) in [5, 5.41) is 18.0. The van der Waals surface area contributed by atoms with Crippen LogP contribution in [0, 0.1) is 0 Å². The summed E-state index contributed by atoms with van der Waals surface area (Å²) in [7, 11) is 0. The summed E-state index contributed by atoms with van der Waals surface area (Å²) < 4.78 is 26.0. The molecule has 0 spiro atoms. The molecule has 0 radical (unpaired) electrons. The Morgan fingerprint density at radius 2 is 1.85 bits per heavy atom. The van der Waals surface area contributed by atoms with E-state index in [1.165, 1.54) is 0 Å². The molecule has 1 fully saturated rings. The number of alkyl halides is 2. The van der Waals surface area contributed by atoms with Crippen molar-refractivity contribution < 1.29 is 19.0 Å². The molecule has 0 unspecified atom stereocenters. The van der Waals surface area contributed by atoms with Gasteiger partial charge in [0.05, 0.1) is 0 Å². The second kappa shape index (κ2) is 3.48. The molecule has 1 rings (SSSR count). The van der Waals surface area contributed by atoms with Crippen LogP contribution < -0.4 is 5.73 Å². The second-order valence-corrected chi connectivity index (χ2v) is 3.73. The van der Waals surface area contributed by atoms with Crippen LogP contribution in [0.4, 0.5) is 8.78 Å². The van der Waals surface area contributed by atoms with Gasteiger partial charge in [-0.25, -0.2) is 8.78 Å². The predicted octanol–water partition coefficient (Wildman–Crippen LogP) is 0.246. The van der Waals surface area contributed by atoms with E-state index in [0.29, 0.717) is 12.8 Å². The number of nitrogens with two attached hydrogens (primary N) is 1. The maximum absolute atomic E-state index is 13.0. The third-order valence-corrected chi connectivity index (χ3v) is 2.74. The van der Waals surface area contributed by atoms with Gasteiger partial charge in [-0.15, -0.1) is 0 Å². The molecule has 1 aliphatic rings. The fourth-order valence-electron chi connectivity index (χ4n) is 1.63. The molecule has 0 bridgehead atoms. The monoisotopic (exact) mass is 195 g/mol. The fourth-order valence-corrected chi connectivity index (χ4v) is 1.63. The van der Waals surface area contributed by atoms with E-state index in [0.717, 1.165) is 0 Å². The number of aliphatic hydroxyl groups is 2.